The Morgan fingerprint density at radius 3 is 2.93 bits per heavy atom. The minimum absolute atomic E-state index is 0.0102. The Balaban J connectivity index is 1.42. The number of rotatable bonds is 4. The second-order valence-corrected chi connectivity index (χ2v) is 6.77. The van der Waals surface area contributed by atoms with Crippen LogP contribution in [0.3, 0.4) is 0 Å². The Kier molecular flexibility index (Phi) is 3.82. The molecule has 8 nitrogen and oxygen atoms in total. The van der Waals surface area contributed by atoms with Crippen molar-refractivity contribution in [2.45, 2.75) is 12.5 Å². The quantitative estimate of drug-likeness (QED) is 0.572. The average Bonchev–Trinajstić information content (AvgIpc) is 3.36. The molecular weight excluding hydrogens is 356 g/mol. The van der Waals surface area contributed by atoms with Gasteiger partial charge < -0.3 is 14.6 Å². The summed E-state index contributed by atoms with van der Waals surface area (Å²) in [7, 11) is 1.61. The molecule has 0 aromatic carbocycles. The van der Waals surface area contributed by atoms with Crippen LogP contribution in [0.15, 0.2) is 49.1 Å². The highest BCUT2D eigenvalue weighted by atomic mass is 16.5. The molecule has 5 heterocycles. The molecule has 2 N–H and O–H groups in total. The minimum atomic E-state index is -0.0399. The molecule has 1 fully saturated rings. The Morgan fingerprint density at radius 1 is 1.25 bits per heavy atom. The van der Waals surface area contributed by atoms with Crippen LogP contribution in [0.2, 0.25) is 0 Å². The Hall–Kier alpha value is -3.68. The lowest BCUT2D eigenvalue weighted by Crippen LogP contribution is -2.45. The maximum atomic E-state index is 13.0. The molecule has 0 spiro atoms. The van der Waals surface area contributed by atoms with Gasteiger partial charge in [0.25, 0.3) is 5.91 Å². The predicted octanol–water partition coefficient (Wildman–Crippen LogP) is 2.94. The molecule has 1 amide bonds. The summed E-state index contributed by atoms with van der Waals surface area (Å²) in [4.78, 5) is 26.9. The van der Waals surface area contributed by atoms with Crippen molar-refractivity contribution in [1.82, 2.24) is 30.0 Å². The predicted molar refractivity (Wildman–Crippen MR) is 103 cm³/mol. The number of H-pyrrole nitrogens is 2. The summed E-state index contributed by atoms with van der Waals surface area (Å²) in [5.41, 5.74) is 3.90. The van der Waals surface area contributed by atoms with Gasteiger partial charge >= 0.3 is 0 Å². The molecule has 0 bridgehead atoms. The summed E-state index contributed by atoms with van der Waals surface area (Å²) >= 11 is 0. The molecule has 1 aliphatic heterocycles. The number of ether oxygens (including phenoxy) is 1. The van der Waals surface area contributed by atoms with Gasteiger partial charge in [0, 0.05) is 29.9 Å². The molecule has 0 radical (unpaired) electrons. The lowest BCUT2D eigenvalue weighted by atomic mass is 9.95. The van der Waals surface area contributed by atoms with E-state index in [2.05, 4.69) is 25.1 Å². The van der Waals surface area contributed by atoms with E-state index >= 15 is 0 Å². The van der Waals surface area contributed by atoms with Gasteiger partial charge in [0.2, 0.25) is 0 Å². The van der Waals surface area contributed by atoms with E-state index in [0.717, 1.165) is 28.6 Å². The number of amides is 1. The van der Waals surface area contributed by atoms with Gasteiger partial charge in [-0.3, -0.25) is 14.9 Å². The first-order valence-electron chi connectivity index (χ1n) is 9.02. The molecule has 0 aliphatic carbocycles. The number of fused-ring (bicyclic) bond motifs is 1. The van der Waals surface area contributed by atoms with E-state index in [0.29, 0.717) is 23.6 Å². The lowest BCUT2D eigenvalue weighted by molar-refractivity contribution is 0.0454. The van der Waals surface area contributed by atoms with Crippen LogP contribution in [0.1, 0.15) is 28.5 Å². The van der Waals surface area contributed by atoms with Crippen LogP contribution in [0.25, 0.3) is 22.3 Å². The smallest absolute Gasteiger partial charge is 0.270 e. The number of aromatic amines is 2. The highest BCUT2D eigenvalue weighted by Gasteiger charge is 2.35. The van der Waals surface area contributed by atoms with Crippen molar-refractivity contribution in [3.05, 3.63) is 60.3 Å². The van der Waals surface area contributed by atoms with Gasteiger partial charge in [0.1, 0.15) is 17.1 Å². The van der Waals surface area contributed by atoms with Crippen LogP contribution in [0.4, 0.5) is 0 Å². The molecule has 5 rings (SSSR count). The first-order chi connectivity index (χ1) is 13.7. The maximum Gasteiger partial charge on any atom is 0.270 e. The number of pyridine rings is 2. The SMILES string of the molecule is COc1cncc([C@H]2CCN2C(=O)c2cc3ccc(-c4cn[nH]c4)nc3[nH]2)c1. The largest absolute Gasteiger partial charge is 0.495 e. The van der Waals surface area contributed by atoms with Crippen LogP contribution in [0, 0.1) is 0 Å². The van der Waals surface area contributed by atoms with Crippen LogP contribution in [-0.4, -0.2) is 49.6 Å². The molecule has 140 valence electrons. The van der Waals surface area contributed by atoms with Crippen LogP contribution in [0.5, 0.6) is 5.75 Å². The summed E-state index contributed by atoms with van der Waals surface area (Å²) in [6, 6.07) is 7.67. The minimum Gasteiger partial charge on any atom is -0.495 e. The topological polar surface area (TPSA) is 99.8 Å². The molecule has 0 saturated carbocycles. The normalized spacial score (nSPS) is 16.2. The summed E-state index contributed by atoms with van der Waals surface area (Å²) in [5.74, 6) is 0.653. The van der Waals surface area contributed by atoms with Gasteiger partial charge in [0.15, 0.2) is 0 Å². The van der Waals surface area contributed by atoms with E-state index < -0.39 is 0 Å². The number of likely N-dealkylation sites (tertiary alicyclic amines) is 1. The van der Waals surface area contributed by atoms with Gasteiger partial charge in [-0.1, -0.05) is 0 Å². The number of carbonyl (C=O) groups is 1. The molecule has 4 aromatic rings. The standard InChI is InChI=1S/C20H18N6O2/c1-28-15-6-13(8-21-11-15)18-4-5-26(18)20(27)17-7-12-2-3-16(24-19(12)25-17)14-9-22-23-10-14/h2-3,6-11,18H,4-5H2,1H3,(H,22,23)(H,24,25)/t18-/m1/s1. The van der Waals surface area contributed by atoms with Crippen LogP contribution in [-0.2, 0) is 0 Å². The molecule has 8 heteroatoms. The second kappa shape index (κ2) is 6.49. The van der Waals surface area contributed by atoms with E-state index in [1.807, 2.05) is 29.2 Å². The monoisotopic (exact) mass is 374 g/mol. The second-order valence-electron chi connectivity index (χ2n) is 6.77. The molecule has 4 aromatic heterocycles. The van der Waals surface area contributed by atoms with E-state index in [1.165, 1.54) is 0 Å². The van der Waals surface area contributed by atoms with Crippen LogP contribution >= 0.6 is 0 Å². The third kappa shape index (κ3) is 2.70. The molecule has 0 unspecified atom stereocenters. The summed E-state index contributed by atoms with van der Waals surface area (Å²) < 4.78 is 5.25. The molecule has 1 aliphatic rings. The zero-order valence-electron chi connectivity index (χ0n) is 15.2. The lowest BCUT2D eigenvalue weighted by Gasteiger charge is -2.41. The van der Waals surface area contributed by atoms with E-state index in [-0.39, 0.29) is 11.9 Å². The molecule has 28 heavy (non-hydrogen) atoms. The van der Waals surface area contributed by atoms with Gasteiger partial charge in [-0.15, -0.1) is 0 Å². The number of methoxy groups -OCH3 is 1. The van der Waals surface area contributed by atoms with Crippen molar-refractivity contribution in [3.8, 4) is 17.0 Å². The maximum absolute atomic E-state index is 13.0. The van der Waals surface area contributed by atoms with Gasteiger partial charge in [0.05, 0.1) is 31.2 Å². The van der Waals surface area contributed by atoms with Crippen molar-refractivity contribution in [1.29, 1.82) is 0 Å². The van der Waals surface area contributed by atoms with Gasteiger partial charge in [-0.25, -0.2) is 4.98 Å². The Bertz CT molecular complexity index is 1150. The summed E-state index contributed by atoms with van der Waals surface area (Å²) in [6.45, 7) is 0.712. The number of hydrogen-bond donors (Lipinski definition) is 2. The number of carbonyl (C=O) groups excluding carboxylic acids is 1. The highest BCUT2D eigenvalue weighted by molar-refractivity contribution is 5.98. The summed E-state index contributed by atoms with van der Waals surface area (Å²) in [5, 5.41) is 7.64. The first-order valence-corrected chi connectivity index (χ1v) is 9.02. The number of hydrogen-bond acceptors (Lipinski definition) is 5. The first kappa shape index (κ1) is 16.5. The third-order valence-corrected chi connectivity index (χ3v) is 5.14. The zero-order chi connectivity index (χ0) is 19.1. The zero-order valence-corrected chi connectivity index (χ0v) is 15.2. The Labute approximate surface area is 160 Å². The molecular formula is C20H18N6O2. The fourth-order valence-electron chi connectivity index (χ4n) is 3.53. The Morgan fingerprint density at radius 2 is 2.18 bits per heavy atom. The van der Waals surface area contributed by atoms with E-state index in [1.54, 1.807) is 31.9 Å². The van der Waals surface area contributed by atoms with Gasteiger partial charge in [-0.2, -0.15) is 5.10 Å². The number of nitrogens with one attached hydrogen (secondary N) is 2. The van der Waals surface area contributed by atoms with Crippen molar-refractivity contribution >= 4 is 16.9 Å². The van der Waals surface area contributed by atoms with Crippen molar-refractivity contribution < 1.29 is 9.53 Å². The number of aromatic nitrogens is 5. The van der Waals surface area contributed by atoms with E-state index in [4.69, 9.17) is 4.74 Å². The number of nitrogens with zero attached hydrogens (tertiary/aromatic N) is 4. The van der Waals surface area contributed by atoms with Crippen molar-refractivity contribution in [2.75, 3.05) is 13.7 Å². The van der Waals surface area contributed by atoms with E-state index in [9.17, 15) is 4.79 Å². The third-order valence-electron chi connectivity index (χ3n) is 5.14. The molecule has 1 saturated heterocycles. The van der Waals surface area contributed by atoms with Gasteiger partial charge in [-0.05, 0) is 36.2 Å². The average molecular weight is 374 g/mol. The van der Waals surface area contributed by atoms with Crippen LogP contribution < -0.4 is 4.74 Å². The van der Waals surface area contributed by atoms with Crippen molar-refractivity contribution in [2.24, 2.45) is 0 Å². The fourth-order valence-corrected chi connectivity index (χ4v) is 3.53. The summed E-state index contributed by atoms with van der Waals surface area (Å²) in [6.07, 6.45) is 7.86. The van der Waals surface area contributed by atoms with Crippen molar-refractivity contribution in [3.63, 3.8) is 0 Å². The molecule has 1 atom stereocenters. The highest BCUT2D eigenvalue weighted by Crippen LogP contribution is 2.35. The fraction of sp³-hybridized carbons (Fsp3) is 0.200.